The number of anilines is 1. The maximum Gasteiger partial charge on any atom is 0.260 e. The Morgan fingerprint density at radius 3 is 2.55 bits per heavy atom. The first-order chi connectivity index (χ1) is 14.6. The minimum absolute atomic E-state index is 0.000127. The summed E-state index contributed by atoms with van der Waals surface area (Å²) < 4.78 is 29.7. The van der Waals surface area contributed by atoms with Crippen molar-refractivity contribution in [2.45, 2.75) is 37.5 Å². The van der Waals surface area contributed by atoms with E-state index in [-0.39, 0.29) is 29.2 Å². The number of carbonyl (C=O) groups excluding carboxylic acids is 2. The van der Waals surface area contributed by atoms with E-state index in [1.54, 1.807) is 41.4 Å². The molecule has 166 valence electrons. The molecule has 1 aliphatic heterocycles. The third-order valence-electron chi connectivity index (χ3n) is 5.30. The maximum atomic E-state index is 12.6. The Morgan fingerprint density at radius 1 is 1.23 bits per heavy atom. The number of carbonyl (C=O) groups is 2. The molecule has 2 aromatic rings. The highest BCUT2D eigenvalue weighted by molar-refractivity contribution is 7.90. The highest BCUT2D eigenvalue weighted by atomic mass is 32.2. The lowest BCUT2D eigenvalue weighted by atomic mass is 9.93. The van der Waals surface area contributed by atoms with Crippen LogP contribution < -0.4 is 10.1 Å². The third-order valence-corrected chi connectivity index (χ3v) is 6.45. The van der Waals surface area contributed by atoms with Crippen LogP contribution in [-0.2, 0) is 19.4 Å². The highest BCUT2D eigenvalue weighted by Crippen LogP contribution is 2.31. The van der Waals surface area contributed by atoms with Gasteiger partial charge in [0.15, 0.2) is 16.4 Å². The Balaban J connectivity index is 1.56. The van der Waals surface area contributed by atoms with Crippen molar-refractivity contribution in [3.05, 3.63) is 47.8 Å². The molecule has 1 N–H and O–H groups in total. The Hall–Kier alpha value is -2.94. The molecular formula is C22H27N3O5S. The molecule has 1 aromatic heterocycles. The van der Waals surface area contributed by atoms with E-state index >= 15 is 0 Å². The average molecular weight is 446 g/mol. The van der Waals surface area contributed by atoms with Gasteiger partial charge >= 0.3 is 0 Å². The molecule has 1 saturated heterocycles. The average Bonchev–Trinajstić information content (AvgIpc) is 2.73. The Bertz CT molecular complexity index is 1080. The van der Waals surface area contributed by atoms with Gasteiger partial charge in [0.05, 0.1) is 10.6 Å². The number of hydrogen-bond acceptors (Lipinski definition) is 6. The predicted octanol–water partition coefficient (Wildman–Crippen LogP) is 2.54. The van der Waals surface area contributed by atoms with Gasteiger partial charge in [0, 0.05) is 44.1 Å². The molecule has 0 saturated carbocycles. The van der Waals surface area contributed by atoms with Crippen LogP contribution in [0.15, 0.2) is 41.4 Å². The fourth-order valence-electron chi connectivity index (χ4n) is 3.72. The van der Waals surface area contributed by atoms with Crippen molar-refractivity contribution in [1.29, 1.82) is 0 Å². The van der Waals surface area contributed by atoms with Gasteiger partial charge in [-0.15, -0.1) is 0 Å². The van der Waals surface area contributed by atoms with E-state index in [0.717, 1.165) is 5.56 Å². The van der Waals surface area contributed by atoms with Gasteiger partial charge in [-0.05, 0) is 55.7 Å². The van der Waals surface area contributed by atoms with E-state index in [1.807, 2.05) is 6.92 Å². The number of likely N-dealkylation sites (tertiary alicyclic amines) is 1. The van der Waals surface area contributed by atoms with Gasteiger partial charge in [-0.25, -0.2) is 8.42 Å². The number of nitrogens with zero attached hydrogens (tertiary/aromatic N) is 2. The molecule has 9 heteroatoms. The second-order valence-corrected chi connectivity index (χ2v) is 9.74. The minimum atomic E-state index is -3.35. The van der Waals surface area contributed by atoms with Gasteiger partial charge < -0.3 is 15.0 Å². The van der Waals surface area contributed by atoms with Crippen LogP contribution in [0.25, 0.3) is 0 Å². The van der Waals surface area contributed by atoms with Crippen LogP contribution in [0.2, 0.25) is 0 Å². The van der Waals surface area contributed by atoms with Crippen LogP contribution >= 0.6 is 0 Å². The molecule has 31 heavy (non-hydrogen) atoms. The van der Waals surface area contributed by atoms with E-state index in [4.69, 9.17) is 4.74 Å². The summed E-state index contributed by atoms with van der Waals surface area (Å²) in [5, 5.41) is 2.74. The summed E-state index contributed by atoms with van der Waals surface area (Å²) >= 11 is 0. The maximum absolute atomic E-state index is 12.6. The number of hydrogen-bond donors (Lipinski definition) is 1. The molecule has 3 rings (SSSR count). The van der Waals surface area contributed by atoms with E-state index in [2.05, 4.69) is 10.3 Å². The monoisotopic (exact) mass is 445 g/mol. The number of aromatic nitrogens is 1. The molecule has 2 amide bonds. The van der Waals surface area contributed by atoms with Crippen molar-refractivity contribution in [3.8, 4) is 5.75 Å². The van der Waals surface area contributed by atoms with Gasteiger partial charge in [-0.2, -0.15) is 0 Å². The van der Waals surface area contributed by atoms with Crippen LogP contribution in [0.4, 0.5) is 5.69 Å². The Kier molecular flexibility index (Phi) is 6.94. The minimum Gasteiger partial charge on any atom is -0.484 e. The van der Waals surface area contributed by atoms with Crippen molar-refractivity contribution >= 4 is 27.3 Å². The fourth-order valence-corrected chi connectivity index (χ4v) is 4.64. The molecule has 0 bridgehead atoms. The first-order valence-corrected chi connectivity index (χ1v) is 12.0. The molecule has 8 nitrogen and oxygen atoms in total. The quantitative estimate of drug-likeness (QED) is 0.733. The molecule has 0 unspecified atom stereocenters. The molecular weight excluding hydrogens is 418 g/mol. The summed E-state index contributed by atoms with van der Waals surface area (Å²) in [6.07, 6.45) is 4.09. The summed E-state index contributed by atoms with van der Waals surface area (Å²) in [6, 6.07) is 8.45. The highest BCUT2D eigenvalue weighted by Gasteiger charge is 2.28. The number of nitrogens with one attached hydrogen (secondary N) is 1. The topological polar surface area (TPSA) is 106 Å². The summed E-state index contributed by atoms with van der Waals surface area (Å²) in [7, 11) is -3.35. The summed E-state index contributed by atoms with van der Waals surface area (Å²) in [6.45, 7) is 4.26. The summed E-state index contributed by atoms with van der Waals surface area (Å²) in [4.78, 5) is 30.1. The smallest absolute Gasteiger partial charge is 0.260 e. The number of piperidine rings is 1. The van der Waals surface area contributed by atoms with E-state index in [1.165, 1.54) is 13.2 Å². The van der Waals surface area contributed by atoms with Crippen LogP contribution in [0.1, 0.15) is 36.9 Å². The zero-order valence-electron chi connectivity index (χ0n) is 17.9. The number of sulfone groups is 1. The van der Waals surface area contributed by atoms with Crippen molar-refractivity contribution in [1.82, 2.24) is 9.88 Å². The zero-order valence-corrected chi connectivity index (χ0v) is 18.7. The lowest BCUT2D eigenvalue weighted by Crippen LogP contribution is -2.40. The first-order valence-electron chi connectivity index (χ1n) is 10.1. The Labute approximate surface area is 182 Å². The van der Waals surface area contributed by atoms with E-state index < -0.39 is 9.84 Å². The van der Waals surface area contributed by atoms with Crippen molar-refractivity contribution in [3.63, 3.8) is 0 Å². The second kappa shape index (κ2) is 9.47. The van der Waals surface area contributed by atoms with Crippen LogP contribution in [0.5, 0.6) is 5.75 Å². The summed E-state index contributed by atoms with van der Waals surface area (Å²) in [5.41, 5.74) is 2.14. The number of benzene rings is 1. The number of amides is 2. The standard InChI is InChI=1S/C22H27N3O5S/c1-15-13-18(6-7-19(15)24-16(2)26)30-14-21(27)25-11-8-17(9-12-25)22-20(31(3,28)29)5-4-10-23-22/h4-7,10,13,17H,8-9,11-12,14H2,1-3H3,(H,24,26). The fraction of sp³-hybridized carbons (Fsp3) is 0.409. The SMILES string of the molecule is CC(=O)Nc1ccc(OCC(=O)N2CCC(c3ncccc3S(C)(=O)=O)CC2)cc1C. The van der Waals surface area contributed by atoms with Crippen LogP contribution in [0.3, 0.4) is 0 Å². The van der Waals surface area contributed by atoms with Crippen molar-refractivity contribution in [2.75, 3.05) is 31.3 Å². The molecule has 0 spiro atoms. The van der Waals surface area contributed by atoms with E-state index in [0.29, 0.717) is 43.1 Å². The largest absolute Gasteiger partial charge is 0.484 e. The molecule has 0 aliphatic carbocycles. The number of ether oxygens (including phenoxy) is 1. The second-order valence-electron chi connectivity index (χ2n) is 7.76. The molecule has 2 heterocycles. The van der Waals surface area contributed by atoms with Crippen molar-refractivity contribution in [2.24, 2.45) is 0 Å². The van der Waals surface area contributed by atoms with Gasteiger partial charge in [-0.1, -0.05) is 0 Å². The van der Waals surface area contributed by atoms with E-state index in [9.17, 15) is 18.0 Å². The lowest BCUT2D eigenvalue weighted by molar-refractivity contribution is -0.134. The number of aryl methyl sites for hydroxylation is 1. The van der Waals surface area contributed by atoms with Crippen molar-refractivity contribution < 1.29 is 22.7 Å². The first kappa shape index (κ1) is 22.7. The van der Waals surface area contributed by atoms with Gasteiger partial charge in [-0.3, -0.25) is 14.6 Å². The number of rotatable bonds is 6. The third kappa shape index (κ3) is 5.81. The predicted molar refractivity (Wildman–Crippen MR) is 117 cm³/mol. The number of pyridine rings is 1. The zero-order chi connectivity index (χ0) is 22.6. The Morgan fingerprint density at radius 2 is 1.94 bits per heavy atom. The van der Waals surface area contributed by atoms with Crippen LogP contribution in [-0.4, -0.2) is 56.1 Å². The molecule has 0 atom stereocenters. The lowest BCUT2D eigenvalue weighted by Gasteiger charge is -2.32. The van der Waals surface area contributed by atoms with Crippen LogP contribution in [0, 0.1) is 6.92 Å². The normalized spacial score (nSPS) is 14.9. The summed E-state index contributed by atoms with van der Waals surface area (Å²) in [5.74, 6) is 0.289. The molecule has 0 radical (unpaired) electrons. The molecule has 1 fully saturated rings. The molecule has 1 aliphatic rings. The molecule has 1 aromatic carbocycles. The van der Waals surface area contributed by atoms with Gasteiger partial charge in [0.2, 0.25) is 5.91 Å². The van der Waals surface area contributed by atoms with Gasteiger partial charge in [0.1, 0.15) is 5.75 Å². The van der Waals surface area contributed by atoms with Gasteiger partial charge in [0.25, 0.3) is 5.91 Å².